The van der Waals surface area contributed by atoms with E-state index in [1.54, 1.807) is 0 Å². The molecule has 0 amide bonds. The van der Waals surface area contributed by atoms with E-state index in [9.17, 15) is 9.59 Å². The molecule has 2 aromatic heterocycles. The highest BCUT2D eigenvalue weighted by Crippen LogP contribution is 2.32. The summed E-state index contributed by atoms with van der Waals surface area (Å²) in [5.74, 6) is -1.10. The number of benzene rings is 2. The number of aromatic nitrogens is 2. The van der Waals surface area contributed by atoms with Crippen LogP contribution in [0.15, 0.2) is 73.1 Å². The lowest BCUT2D eigenvalue weighted by Gasteiger charge is -2.30. The molecule has 2 aromatic carbocycles. The number of carboxylic acids is 2. The van der Waals surface area contributed by atoms with Gasteiger partial charge in [0.15, 0.2) is 0 Å². The summed E-state index contributed by atoms with van der Waals surface area (Å²) in [6.07, 6.45) is 10.5. The molecule has 4 heterocycles. The van der Waals surface area contributed by atoms with Gasteiger partial charge in [-0.05, 0) is 100 Å². The molecule has 8 heteroatoms. The lowest BCUT2D eigenvalue weighted by Crippen LogP contribution is -2.30. The van der Waals surface area contributed by atoms with Crippen LogP contribution in [0.2, 0.25) is 0 Å². The molecule has 0 spiro atoms. The molecule has 212 valence electrons. The molecule has 2 saturated heterocycles. The van der Waals surface area contributed by atoms with Crippen molar-refractivity contribution < 1.29 is 19.8 Å². The molecule has 40 heavy (non-hydrogen) atoms. The Bertz CT molecular complexity index is 1330. The number of nitrogens with one attached hydrogen (secondary N) is 2. The van der Waals surface area contributed by atoms with E-state index in [0.717, 1.165) is 0 Å². The first-order valence-electron chi connectivity index (χ1n) is 13.9. The predicted octanol–water partition coefficient (Wildman–Crippen LogP) is 5.67. The van der Waals surface area contributed by atoms with Crippen molar-refractivity contribution in [3.63, 3.8) is 0 Å². The minimum atomic E-state index is -1.26. The topological polar surface area (TPSA) is 113 Å². The van der Waals surface area contributed by atoms with Crippen LogP contribution in [0.25, 0.3) is 21.8 Å². The first-order chi connectivity index (χ1) is 19.3. The number of hydrogen-bond donors (Lipinski definition) is 4. The molecule has 0 aliphatic carbocycles. The highest BCUT2D eigenvalue weighted by molar-refractivity contribution is 5.89. The maximum atomic E-state index is 9.55. The van der Waals surface area contributed by atoms with Gasteiger partial charge in [-0.25, -0.2) is 9.59 Å². The van der Waals surface area contributed by atoms with Crippen molar-refractivity contribution in [2.75, 3.05) is 40.3 Å². The third-order valence-electron chi connectivity index (χ3n) is 7.75. The summed E-state index contributed by atoms with van der Waals surface area (Å²) in [6, 6.07) is 17.7. The minimum Gasteiger partial charge on any atom is -0.478 e. The first kappa shape index (κ1) is 29.1. The molecule has 0 bridgehead atoms. The Morgan fingerprint density at radius 1 is 0.725 bits per heavy atom. The normalized spacial score (nSPS) is 20.1. The summed E-state index contributed by atoms with van der Waals surface area (Å²) in [4.78, 5) is 30.6. The zero-order chi connectivity index (χ0) is 28.5. The number of hydrogen-bond acceptors (Lipinski definition) is 4. The van der Waals surface area contributed by atoms with Gasteiger partial charge in [-0.15, -0.1) is 0 Å². The molecule has 2 fully saturated rings. The lowest BCUT2D eigenvalue weighted by molar-refractivity contribution is -0.134. The highest BCUT2D eigenvalue weighted by Gasteiger charge is 2.21. The number of aliphatic carboxylic acids is 2. The fraction of sp³-hybridized carbons (Fsp3) is 0.375. The number of nitrogens with zero attached hydrogens (tertiary/aromatic N) is 2. The van der Waals surface area contributed by atoms with Gasteiger partial charge in [-0.3, -0.25) is 0 Å². The van der Waals surface area contributed by atoms with Crippen LogP contribution in [0, 0.1) is 0 Å². The fourth-order valence-electron chi connectivity index (χ4n) is 5.91. The number of aromatic amines is 2. The second-order valence-electron chi connectivity index (χ2n) is 10.8. The monoisotopic (exact) mass is 544 g/mol. The fourth-order valence-corrected chi connectivity index (χ4v) is 5.91. The van der Waals surface area contributed by atoms with Crippen molar-refractivity contribution in [3.05, 3.63) is 84.2 Å². The van der Waals surface area contributed by atoms with E-state index in [4.69, 9.17) is 10.2 Å². The van der Waals surface area contributed by atoms with E-state index in [0.29, 0.717) is 24.0 Å². The van der Waals surface area contributed by atoms with Crippen LogP contribution in [0.4, 0.5) is 0 Å². The zero-order valence-electron chi connectivity index (χ0n) is 23.3. The molecule has 6 rings (SSSR count). The van der Waals surface area contributed by atoms with Crippen molar-refractivity contribution in [1.82, 2.24) is 19.8 Å². The van der Waals surface area contributed by atoms with Gasteiger partial charge in [-0.1, -0.05) is 24.3 Å². The molecular weight excluding hydrogens is 504 g/mol. The maximum absolute atomic E-state index is 9.55. The number of fused-ring (bicyclic) bond motifs is 2. The van der Waals surface area contributed by atoms with Crippen molar-refractivity contribution in [3.8, 4) is 0 Å². The Morgan fingerprint density at radius 3 is 1.52 bits per heavy atom. The Morgan fingerprint density at radius 2 is 1.15 bits per heavy atom. The van der Waals surface area contributed by atoms with Crippen LogP contribution >= 0.6 is 0 Å². The van der Waals surface area contributed by atoms with Gasteiger partial charge in [-0.2, -0.15) is 0 Å². The predicted molar refractivity (Wildman–Crippen MR) is 160 cm³/mol. The van der Waals surface area contributed by atoms with Gasteiger partial charge >= 0.3 is 11.9 Å². The van der Waals surface area contributed by atoms with Gasteiger partial charge in [0.05, 0.1) is 0 Å². The average Bonchev–Trinajstić information content (AvgIpc) is 3.62. The molecule has 4 aromatic rings. The lowest BCUT2D eigenvalue weighted by atomic mass is 9.89. The Kier molecular flexibility index (Phi) is 10.2. The molecule has 2 unspecified atom stereocenters. The summed E-state index contributed by atoms with van der Waals surface area (Å²) in [6.45, 7) is 4.90. The van der Waals surface area contributed by atoms with E-state index in [1.165, 1.54) is 84.8 Å². The summed E-state index contributed by atoms with van der Waals surface area (Å²) >= 11 is 0. The molecule has 2 aliphatic heterocycles. The van der Waals surface area contributed by atoms with E-state index < -0.39 is 11.9 Å². The van der Waals surface area contributed by atoms with Crippen molar-refractivity contribution in [2.24, 2.45) is 0 Å². The summed E-state index contributed by atoms with van der Waals surface area (Å²) in [5, 5.41) is 18.4. The van der Waals surface area contributed by atoms with Crippen molar-refractivity contribution >= 4 is 33.7 Å². The third kappa shape index (κ3) is 7.83. The van der Waals surface area contributed by atoms with E-state index in [2.05, 4.69) is 82.4 Å². The quantitative estimate of drug-likeness (QED) is 0.247. The van der Waals surface area contributed by atoms with Crippen LogP contribution in [0.1, 0.15) is 48.6 Å². The second-order valence-corrected chi connectivity index (χ2v) is 10.8. The smallest absolute Gasteiger partial charge is 0.328 e. The largest absolute Gasteiger partial charge is 0.478 e. The van der Waals surface area contributed by atoms with Crippen LogP contribution in [0.3, 0.4) is 0 Å². The number of piperidine rings is 2. The van der Waals surface area contributed by atoms with Crippen LogP contribution in [-0.2, 0) is 9.59 Å². The molecule has 4 N–H and O–H groups in total. The second kappa shape index (κ2) is 14.0. The van der Waals surface area contributed by atoms with E-state index in [-0.39, 0.29) is 0 Å². The number of carboxylic acid groups (broad SMARTS) is 2. The number of likely N-dealkylation sites (tertiary alicyclic amines) is 2. The number of likely N-dealkylation sites (N-methyl/N-ethyl adjacent to an activating group) is 2. The maximum Gasteiger partial charge on any atom is 0.328 e. The first-order valence-corrected chi connectivity index (χ1v) is 13.9. The molecular formula is C32H40N4O4. The van der Waals surface area contributed by atoms with Gasteiger partial charge < -0.3 is 30.0 Å². The number of carbonyl (C=O) groups is 2. The zero-order valence-corrected chi connectivity index (χ0v) is 23.3. The standard InChI is InChI=1S/2C14H18N2.C4H4O4/c2*1-16-9-3-4-11(10-16)12-5-2-6-14-13(12)7-8-15-14;5-3(6)1-2-4(7)8/h2*2,5-8,11,15H,3-4,9-10H2,1H3;1-2H,(H,5,6)(H,7,8)/b;;2-1+. The number of H-pyrrole nitrogens is 2. The Balaban J connectivity index is 0.000000148. The number of rotatable bonds is 4. The van der Waals surface area contributed by atoms with Gasteiger partial charge in [0.1, 0.15) is 0 Å². The molecule has 2 aliphatic rings. The SMILES string of the molecule is CN1CCCC(c2cccc3[nH]ccc23)C1.CN1CCCC(c2cccc3[nH]ccc23)C1.O=C(O)/C=C/C(=O)O. The summed E-state index contributed by atoms with van der Waals surface area (Å²) in [5.41, 5.74) is 5.58. The van der Waals surface area contributed by atoms with Crippen molar-refractivity contribution in [2.45, 2.75) is 37.5 Å². The third-order valence-corrected chi connectivity index (χ3v) is 7.75. The van der Waals surface area contributed by atoms with Gasteiger partial charge in [0, 0.05) is 59.4 Å². The van der Waals surface area contributed by atoms with Gasteiger partial charge in [0.25, 0.3) is 0 Å². The average molecular weight is 545 g/mol. The molecule has 2 atom stereocenters. The van der Waals surface area contributed by atoms with E-state index in [1.807, 2.05) is 12.4 Å². The van der Waals surface area contributed by atoms with Gasteiger partial charge in [0.2, 0.25) is 0 Å². The van der Waals surface area contributed by atoms with Crippen LogP contribution < -0.4 is 0 Å². The summed E-state index contributed by atoms with van der Waals surface area (Å²) < 4.78 is 0. The molecule has 0 radical (unpaired) electrons. The highest BCUT2D eigenvalue weighted by atomic mass is 16.4. The van der Waals surface area contributed by atoms with E-state index >= 15 is 0 Å². The Labute approximate surface area is 235 Å². The Hall–Kier alpha value is -3.88. The summed E-state index contributed by atoms with van der Waals surface area (Å²) in [7, 11) is 4.45. The van der Waals surface area contributed by atoms with Crippen LogP contribution in [0.5, 0.6) is 0 Å². The minimum absolute atomic E-state index is 0.558. The molecule has 8 nitrogen and oxygen atoms in total. The molecule has 0 saturated carbocycles. The van der Waals surface area contributed by atoms with Crippen LogP contribution in [-0.4, -0.2) is 82.2 Å². The van der Waals surface area contributed by atoms with Crippen molar-refractivity contribution in [1.29, 1.82) is 0 Å².